The summed E-state index contributed by atoms with van der Waals surface area (Å²) in [5.41, 5.74) is 3.67. The fourth-order valence-electron chi connectivity index (χ4n) is 2.74. The smallest absolute Gasteiger partial charge is 0.329 e. The van der Waals surface area contributed by atoms with Crippen molar-refractivity contribution in [2.45, 2.75) is 18.2 Å². The second kappa shape index (κ2) is 6.02. The minimum Gasteiger partial charge on any atom is -0.480 e. The van der Waals surface area contributed by atoms with Crippen LogP contribution in [0.25, 0.3) is 11.1 Å². The molecule has 0 aromatic heterocycles. The monoisotopic (exact) mass is 333 g/mol. The molecular weight excluding hydrogens is 318 g/mol. The van der Waals surface area contributed by atoms with Crippen LogP contribution in [-0.4, -0.2) is 30.7 Å². The number of rotatable bonds is 4. The third-order valence-corrected chi connectivity index (χ3v) is 4.55. The number of carbonyl (C=O) groups is 1. The third kappa shape index (κ3) is 3.06. The van der Waals surface area contributed by atoms with Crippen LogP contribution in [0.2, 0.25) is 0 Å². The maximum absolute atomic E-state index is 11.1. The zero-order chi connectivity index (χ0) is 16.6. The van der Waals surface area contributed by atoms with E-state index in [2.05, 4.69) is 0 Å². The quantitative estimate of drug-likeness (QED) is 0.737. The van der Waals surface area contributed by atoms with Crippen LogP contribution in [0.1, 0.15) is 11.1 Å². The number of hydrogen-bond acceptors (Lipinski definition) is 5. The third-order valence-electron chi connectivity index (χ3n) is 3.92. The van der Waals surface area contributed by atoms with Gasteiger partial charge < -0.3 is 5.11 Å². The molecule has 0 amide bonds. The van der Waals surface area contributed by atoms with E-state index in [1.807, 2.05) is 6.07 Å². The molecule has 0 saturated heterocycles. The van der Waals surface area contributed by atoms with Gasteiger partial charge in [-0.2, -0.15) is 0 Å². The Morgan fingerprint density at radius 2 is 1.78 bits per heavy atom. The molecule has 7 heteroatoms. The molecule has 2 N–H and O–H groups in total. The number of carboxylic acid groups (broad SMARTS) is 1. The van der Waals surface area contributed by atoms with E-state index in [0.29, 0.717) is 11.3 Å². The summed E-state index contributed by atoms with van der Waals surface area (Å²) in [4.78, 5) is 11.1. The van der Waals surface area contributed by atoms with Crippen molar-refractivity contribution < 1.29 is 23.5 Å². The molecule has 1 unspecified atom stereocenters. The SMILES string of the molecule is O=C(O)C1Cc2ccc(-c3ccc(C[SH](=O)=O)cc3)cc2N1O. The highest BCUT2D eigenvalue weighted by molar-refractivity contribution is 7.71. The van der Waals surface area contributed by atoms with Crippen LogP contribution in [0.4, 0.5) is 5.69 Å². The Morgan fingerprint density at radius 3 is 2.39 bits per heavy atom. The van der Waals surface area contributed by atoms with Crippen molar-refractivity contribution in [1.82, 2.24) is 0 Å². The Balaban J connectivity index is 1.90. The number of hydroxylamine groups is 1. The van der Waals surface area contributed by atoms with Crippen LogP contribution in [0.15, 0.2) is 42.5 Å². The minimum absolute atomic E-state index is 0.00447. The Kier molecular flexibility index (Phi) is 4.06. The highest BCUT2D eigenvalue weighted by atomic mass is 32.2. The summed E-state index contributed by atoms with van der Waals surface area (Å²) >= 11 is 0. The van der Waals surface area contributed by atoms with Gasteiger partial charge in [0.05, 0.1) is 11.4 Å². The van der Waals surface area contributed by atoms with Gasteiger partial charge in [0.25, 0.3) is 0 Å². The van der Waals surface area contributed by atoms with E-state index in [4.69, 9.17) is 5.11 Å². The van der Waals surface area contributed by atoms with Gasteiger partial charge in [-0.25, -0.2) is 18.3 Å². The fourth-order valence-corrected chi connectivity index (χ4v) is 3.24. The Morgan fingerprint density at radius 1 is 1.13 bits per heavy atom. The van der Waals surface area contributed by atoms with Gasteiger partial charge in [-0.05, 0) is 28.3 Å². The van der Waals surface area contributed by atoms with Crippen LogP contribution < -0.4 is 5.06 Å². The van der Waals surface area contributed by atoms with Gasteiger partial charge in [0, 0.05) is 6.42 Å². The van der Waals surface area contributed by atoms with Crippen LogP contribution in [0, 0.1) is 0 Å². The number of fused-ring (bicyclic) bond motifs is 1. The summed E-state index contributed by atoms with van der Waals surface area (Å²) < 4.78 is 21.5. The van der Waals surface area contributed by atoms with E-state index in [-0.39, 0.29) is 12.2 Å². The molecule has 1 aliphatic heterocycles. The molecule has 0 fully saturated rings. The van der Waals surface area contributed by atoms with E-state index in [9.17, 15) is 18.4 Å². The summed E-state index contributed by atoms with van der Waals surface area (Å²) in [5.74, 6) is -1.06. The molecule has 0 saturated carbocycles. The molecule has 2 aromatic rings. The van der Waals surface area contributed by atoms with Crippen molar-refractivity contribution in [2.75, 3.05) is 5.06 Å². The van der Waals surface area contributed by atoms with Crippen molar-refractivity contribution in [1.29, 1.82) is 0 Å². The maximum atomic E-state index is 11.1. The van der Waals surface area contributed by atoms with Crippen LogP contribution in [-0.2, 0) is 27.7 Å². The van der Waals surface area contributed by atoms with Crippen LogP contribution >= 0.6 is 0 Å². The first kappa shape index (κ1) is 15.5. The average Bonchev–Trinajstić information content (AvgIpc) is 2.84. The standard InChI is InChI=1S/C16H15NO5S/c18-16(19)15-8-13-6-5-12(7-14(13)17(15)20)11-3-1-10(2-4-11)9-23(21)22/h1-7,15,20,23H,8-9H2,(H,18,19). The summed E-state index contributed by atoms with van der Waals surface area (Å²) in [6, 6.07) is 11.5. The lowest BCUT2D eigenvalue weighted by atomic mass is 10.0. The Bertz CT molecular complexity index is 821. The fraction of sp³-hybridized carbons (Fsp3) is 0.188. The number of nitrogens with zero attached hydrogens (tertiary/aromatic N) is 1. The number of aliphatic carboxylic acids is 1. The van der Waals surface area contributed by atoms with Crippen molar-refractivity contribution in [3.8, 4) is 11.1 Å². The van der Waals surface area contributed by atoms with E-state index >= 15 is 0 Å². The second-order valence-electron chi connectivity index (χ2n) is 5.43. The molecular formula is C16H15NO5S. The topological polar surface area (TPSA) is 94.9 Å². The first-order chi connectivity index (χ1) is 11.0. The van der Waals surface area contributed by atoms with Crippen molar-refractivity contribution in [3.05, 3.63) is 53.6 Å². The number of benzene rings is 2. The Hall–Kier alpha value is -2.38. The van der Waals surface area contributed by atoms with Gasteiger partial charge >= 0.3 is 5.97 Å². The number of thiol groups is 1. The first-order valence-corrected chi connectivity index (χ1v) is 8.37. The highest BCUT2D eigenvalue weighted by Gasteiger charge is 2.33. The molecule has 1 atom stereocenters. The molecule has 23 heavy (non-hydrogen) atoms. The molecule has 1 heterocycles. The summed E-state index contributed by atoms with van der Waals surface area (Å²) in [7, 11) is -2.46. The van der Waals surface area contributed by atoms with Gasteiger partial charge in [-0.1, -0.05) is 36.4 Å². The van der Waals surface area contributed by atoms with Gasteiger partial charge in [0.2, 0.25) is 0 Å². The van der Waals surface area contributed by atoms with E-state index in [1.165, 1.54) is 0 Å². The van der Waals surface area contributed by atoms with E-state index in [0.717, 1.165) is 21.8 Å². The lowest BCUT2D eigenvalue weighted by Crippen LogP contribution is -2.35. The van der Waals surface area contributed by atoms with Crippen molar-refractivity contribution >= 4 is 22.4 Å². The predicted octanol–water partition coefficient (Wildman–Crippen LogP) is 1.67. The number of carboxylic acids is 1. The molecule has 0 spiro atoms. The molecule has 120 valence electrons. The molecule has 6 nitrogen and oxygen atoms in total. The second-order valence-corrected chi connectivity index (χ2v) is 6.42. The molecule has 3 rings (SSSR count). The predicted molar refractivity (Wildman–Crippen MR) is 85.3 cm³/mol. The van der Waals surface area contributed by atoms with Gasteiger partial charge in [0.1, 0.15) is 10.7 Å². The van der Waals surface area contributed by atoms with Gasteiger partial charge in [0.15, 0.2) is 6.04 Å². The summed E-state index contributed by atoms with van der Waals surface area (Å²) in [6.07, 6.45) is 0.261. The van der Waals surface area contributed by atoms with Gasteiger partial charge in [-0.3, -0.25) is 5.21 Å². The number of hydrogen-bond donors (Lipinski definition) is 3. The molecule has 2 aromatic carbocycles. The first-order valence-electron chi connectivity index (χ1n) is 7.00. The minimum atomic E-state index is -2.46. The van der Waals surface area contributed by atoms with E-state index in [1.54, 1.807) is 36.4 Å². The highest BCUT2D eigenvalue weighted by Crippen LogP contribution is 2.34. The molecule has 0 bridgehead atoms. The average molecular weight is 333 g/mol. The normalized spacial score (nSPS) is 16.6. The van der Waals surface area contributed by atoms with Gasteiger partial charge in [-0.15, -0.1) is 0 Å². The summed E-state index contributed by atoms with van der Waals surface area (Å²) in [5, 5.41) is 19.9. The van der Waals surface area contributed by atoms with Crippen LogP contribution in [0.5, 0.6) is 0 Å². The van der Waals surface area contributed by atoms with E-state index < -0.39 is 22.7 Å². The largest absolute Gasteiger partial charge is 0.480 e. The zero-order valence-corrected chi connectivity index (χ0v) is 12.9. The zero-order valence-electron chi connectivity index (χ0n) is 12.0. The number of anilines is 1. The lowest BCUT2D eigenvalue weighted by molar-refractivity contribution is -0.139. The lowest BCUT2D eigenvalue weighted by Gasteiger charge is -2.16. The molecule has 0 aliphatic carbocycles. The molecule has 1 aliphatic rings. The van der Waals surface area contributed by atoms with Crippen molar-refractivity contribution in [3.63, 3.8) is 0 Å². The summed E-state index contributed by atoms with van der Waals surface area (Å²) in [6.45, 7) is 0. The van der Waals surface area contributed by atoms with Crippen LogP contribution in [0.3, 0.4) is 0 Å². The molecule has 0 radical (unpaired) electrons. The van der Waals surface area contributed by atoms with Crippen molar-refractivity contribution in [2.24, 2.45) is 0 Å². The Labute approximate surface area is 134 Å². The maximum Gasteiger partial charge on any atom is 0.329 e.